The summed E-state index contributed by atoms with van der Waals surface area (Å²) in [5.74, 6) is 0. The molecule has 0 atom stereocenters. The van der Waals surface area contributed by atoms with Crippen LogP contribution < -0.4 is 0 Å². The monoisotopic (exact) mass is 135 g/mol. The molecule has 0 unspecified atom stereocenters. The van der Waals surface area contributed by atoms with Gasteiger partial charge in [0.15, 0.2) is 0 Å². The maximum atomic E-state index is 8.58. The predicted molar refractivity (Wildman–Crippen MR) is 9.48 cm³/mol. The third-order valence-corrected chi connectivity index (χ3v) is 0. The van der Waals surface area contributed by atoms with E-state index in [4.69, 9.17) is 15.3 Å². The van der Waals surface area contributed by atoms with E-state index in [0.29, 0.717) is 0 Å². The van der Waals surface area contributed by atoms with Crippen LogP contribution in [-0.4, -0.2) is 0 Å². The summed E-state index contributed by atoms with van der Waals surface area (Å²) in [4.78, 5) is 0. The zero-order valence-electron chi connectivity index (χ0n) is 2.01. The van der Waals surface area contributed by atoms with Crippen LogP contribution in [-0.2, 0) is 27.9 Å². The van der Waals surface area contributed by atoms with Crippen LogP contribution in [0.25, 0.3) is 0 Å². The summed E-state index contributed by atoms with van der Waals surface area (Å²) in [5, 5.41) is 0. The summed E-state index contributed by atoms with van der Waals surface area (Å²) in [6.45, 7) is 0. The van der Waals surface area contributed by atoms with Crippen LogP contribution in [0.4, 0.5) is 0 Å². The van der Waals surface area contributed by atoms with Gasteiger partial charge >= 0.3 is 27.9 Å². The molecule has 5 heteroatoms. The molecule has 0 aliphatic rings. The Morgan fingerprint density at radius 2 is 0.833 bits per heavy atom. The number of hydrogen-bond donors (Lipinski definition) is 0. The predicted octanol–water partition coefficient (Wildman–Crippen LogP) is 0.158. The van der Waals surface area contributed by atoms with E-state index >= 15 is 0 Å². The first-order valence-electron chi connectivity index (χ1n) is 0.617. The van der Waals surface area contributed by atoms with Gasteiger partial charge in [-0.1, -0.05) is 7.43 Å². The Balaban J connectivity index is 0. The van der Waals surface area contributed by atoms with E-state index in [0.717, 1.165) is 0 Å². The Labute approximate surface area is 36.2 Å². The SMILES string of the molecule is C.[O]=[Mn](=[O])(=[O])=[O]. The summed E-state index contributed by atoms with van der Waals surface area (Å²) in [6, 6.07) is 0. The molecule has 6 heavy (non-hydrogen) atoms. The third kappa shape index (κ3) is 350. The second-order valence-corrected chi connectivity index (χ2v) is 1.56. The summed E-state index contributed by atoms with van der Waals surface area (Å²) in [5.41, 5.74) is 0. The molecule has 0 radical (unpaired) electrons. The molecule has 0 aliphatic carbocycles. The molecule has 0 amide bonds. The van der Waals surface area contributed by atoms with Crippen molar-refractivity contribution in [2.75, 3.05) is 0 Å². The molecule has 0 N–H and O–H groups in total. The van der Waals surface area contributed by atoms with Gasteiger partial charge in [-0.05, 0) is 0 Å². The Hall–Kier alpha value is -0.281. The van der Waals surface area contributed by atoms with Crippen LogP contribution in [0.3, 0.4) is 0 Å². The molecule has 0 rings (SSSR count). The zero-order chi connectivity index (χ0) is 4.50. The third-order valence-electron chi connectivity index (χ3n) is 0. The van der Waals surface area contributed by atoms with E-state index < -0.39 is 12.6 Å². The standard InChI is InChI=1S/CH4.Mn.4O/h1H4;;;;;. The molecule has 0 aliphatic heterocycles. The second-order valence-electron chi connectivity index (χ2n) is 0.378. The quantitative estimate of drug-likeness (QED) is 0.443. The van der Waals surface area contributed by atoms with Gasteiger partial charge in [0.1, 0.15) is 0 Å². The van der Waals surface area contributed by atoms with Crippen molar-refractivity contribution in [1.29, 1.82) is 0 Å². The Bertz CT molecular complexity index is 159. The van der Waals surface area contributed by atoms with Crippen molar-refractivity contribution in [3.8, 4) is 0 Å². The van der Waals surface area contributed by atoms with Gasteiger partial charge in [0.25, 0.3) is 0 Å². The molecule has 0 aromatic carbocycles. The first-order valence-corrected chi connectivity index (χ1v) is 2.54. The fourth-order valence-corrected chi connectivity index (χ4v) is 0. The minimum absolute atomic E-state index is 0. The van der Waals surface area contributed by atoms with Crippen LogP contribution in [0.1, 0.15) is 7.43 Å². The van der Waals surface area contributed by atoms with Crippen LogP contribution in [0.15, 0.2) is 0 Å². The summed E-state index contributed by atoms with van der Waals surface area (Å²) < 4.78 is 34.3. The van der Waals surface area contributed by atoms with Gasteiger partial charge < -0.3 is 0 Å². The Morgan fingerprint density at radius 3 is 0.833 bits per heavy atom. The van der Waals surface area contributed by atoms with E-state index in [9.17, 15) is 0 Å². The molecule has 0 spiro atoms. The number of hydrogen-bond acceptors (Lipinski definition) is 4. The van der Waals surface area contributed by atoms with Crippen molar-refractivity contribution < 1.29 is 27.9 Å². The van der Waals surface area contributed by atoms with Gasteiger partial charge in [0.2, 0.25) is 0 Å². The molecule has 0 saturated carbocycles. The first-order chi connectivity index (χ1) is 2.00. The summed E-state index contributed by atoms with van der Waals surface area (Å²) in [7, 11) is 0. The zero-order valence-corrected chi connectivity index (χ0v) is 3.19. The van der Waals surface area contributed by atoms with Crippen LogP contribution in [0.2, 0.25) is 0 Å². The van der Waals surface area contributed by atoms with Crippen LogP contribution in [0.5, 0.6) is 0 Å². The van der Waals surface area contributed by atoms with Gasteiger partial charge in [-0.25, -0.2) is 0 Å². The first kappa shape index (κ1) is 9.21. The Morgan fingerprint density at radius 1 is 0.833 bits per heavy atom. The van der Waals surface area contributed by atoms with Gasteiger partial charge in [0.05, 0.1) is 0 Å². The van der Waals surface area contributed by atoms with Crippen molar-refractivity contribution in [2.24, 2.45) is 0 Å². The average molecular weight is 135 g/mol. The molecule has 0 saturated heterocycles. The summed E-state index contributed by atoms with van der Waals surface area (Å²) in [6.07, 6.45) is 0. The van der Waals surface area contributed by atoms with Crippen molar-refractivity contribution in [3.05, 3.63) is 0 Å². The maximum absolute atomic E-state index is 8.58. The van der Waals surface area contributed by atoms with Crippen molar-refractivity contribution in [1.82, 2.24) is 0 Å². The molecule has 4 nitrogen and oxygen atoms in total. The van der Waals surface area contributed by atoms with E-state index in [-0.39, 0.29) is 7.43 Å². The molecule has 0 bridgehead atoms. The average Bonchev–Trinajstić information content (AvgIpc) is 0.722. The van der Waals surface area contributed by atoms with Crippen molar-refractivity contribution >= 4 is 0 Å². The van der Waals surface area contributed by atoms with Gasteiger partial charge in [-0.3, -0.25) is 0 Å². The fraction of sp³-hybridized carbons (Fsp3) is 1.00. The van der Waals surface area contributed by atoms with E-state index in [1.165, 1.54) is 0 Å². The molecule has 0 aromatic heterocycles. The fourth-order valence-electron chi connectivity index (χ4n) is 0. The second kappa shape index (κ2) is 2.00. The van der Waals surface area contributed by atoms with Crippen LogP contribution >= 0.6 is 0 Å². The topological polar surface area (TPSA) is 68.3 Å². The Kier molecular flexibility index (Phi) is 3.06. The van der Waals surface area contributed by atoms with E-state index in [2.05, 4.69) is 0 Å². The molecule has 0 fully saturated rings. The molecule has 0 heterocycles. The van der Waals surface area contributed by atoms with Crippen molar-refractivity contribution in [2.45, 2.75) is 7.43 Å². The van der Waals surface area contributed by atoms with Gasteiger partial charge in [0, 0.05) is 0 Å². The molecule has 0 aromatic rings. The van der Waals surface area contributed by atoms with Gasteiger partial charge in [-0.2, -0.15) is 0 Å². The summed E-state index contributed by atoms with van der Waals surface area (Å²) >= 11 is -5.62. The van der Waals surface area contributed by atoms with Crippen LogP contribution in [0, 0.1) is 0 Å². The van der Waals surface area contributed by atoms with Gasteiger partial charge in [-0.15, -0.1) is 0 Å². The molecule has 39 valence electrons. The van der Waals surface area contributed by atoms with E-state index in [1.807, 2.05) is 0 Å². The minimum atomic E-state index is -5.62. The molecular formula is CH4MnO4. The molecular weight excluding hydrogens is 131 g/mol. The van der Waals surface area contributed by atoms with Crippen molar-refractivity contribution in [3.63, 3.8) is 0 Å². The normalized spacial score (nSPS) is 9.33. The van der Waals surface area contributed by atoms with E-state index in [1.54, 1.807) is 0 Å². The number of rotatable bonds is 0.